The van der Waals surface area contributed by atoms with Crippen molar-refractivity contribution in [3.8, 4) is 0 Å². The van der Waals surface area contributed by atoms with E-state index in [4.69, 9.17) is 11.6 Å². The number of hydrogen-bond acceptors (Lipinski definition) is 4. The Hall–Kier alpha value is -3.68. The predicted molar refractivity (Wildman–Crippen MR) is 150 cm³/mol. The van der Waals surface area contributed by atoms with Crippen LogP contribution in [-0.4, -0.2) is 37.3 Å². The second-order valence-corrected chi connectivity index (χ2v) is 11.6. The maximum atomic E-state index is 13.8. The van der Waals surface area contributed by atoms with E-state index >= 15 is 0 Å². The van der Waals surface area contributed by atoms with Gasteiger partial charge >= 0.3 is 0 Å². The summed E-state index contributed by atoms with van der Waals surface area (Å²) in [5.41, 5.74) is 2.73. The molecule has 0 atom stereocenters. The van der Waals surface area contributed by atoms with E-state index in [0.29, 0.717) is 35.3 Å². The number of halogens is 1. The molecular formula is C30H28ClN3O3S. The zero-order chi connectivity index (χ0) is 26.5. The molecule has 0 unspecified atom stereocenters. The third-order valence-corrected chi connectivity index (χ3v) is 8.88. The van der Waals surface area contributed by atoms with Gasteiger partial charge in [-0.05, 0) is 73.0 Å². The van der Waals surface area contributed by atoms with E-state index in [0.717, 1.165) is 24.1 Å². The molecule has 0 radical (unpaired) electrons. The molecule has 0 aliphatic carbocycles. The summed E-state index contributed by atoms with van der Waals surface area (Å²) >= 11 is 6.05. The SMILES string of the molecule is O=C(c1cccc(N(Cc2ccc(Cl)cc2)S(=O)(=O)c2ccccc2)c1)N1CCC(c2ccccn2)CC1. The first kappa shape index (κ1) is 25.9. The summed E-state index contributed by atoms with van der Waals surface area (Å²) in [6.07, 6.45) is 3.48. The molecule has 3 aromatic carbocycles. The number of hydrogen-bond donors (Lipinski definition) is 0. The van der Waals surface area contributed by atoms with Crippen LogP contribution in [0, 0.1) is 0 Å². The highest BCUT2D eigenvalue weighted by molar-refractivity contribution is 7.92. The molecule has 38 heavy (non-hydrogen) atoms. The summed E-state index contributed by atoms with van der Waals surface area (Å²) in [7, 11) is -3.90. The fourth-order valence-electron chi connectivity index (χ4n) is 4.76. The minimum Gasteiger partial charge on any atom is -0.339 e. The van der Waals surface area contributed by atoms with Gasteiger partial charge in [0, 0.05) is 41.5 Å². The monoisotopic (exact) mass is 545 g/mol. The van der Waals surface area contributed by atoms with Crippen LogP contribution >= 0.6 is 11.6 Å². The molecule has 1 aromatic heterocycles. The highest BCUT2D eigenvalue weighted by Crippen LogP contribution is 2.30. The topological polar surface area (TPSA) is 70.6 Å². The van der Waals surface area contributed by atoms with Gasteiger partial charge in [-0.2, -0.15) is 0 Å². The van der Waals surface area contributed by atoms with Crippen LogP contribution in [0.4, 0.5) is 5.69 Å². The van der Waals surface area contributed by atoms with Crippen molar-refractivity contribution in [3.63, 3.8) is 0 Å². The third-order valence-electron chi connectivity index (χ3n) is 6.84. The molecule has 0 spiro atoms. The molecule has 194 valence electrons. The van der Waals surface area contributed by atoms with E-state index in [1.54, 1.807) is 85.1 Å². The standard InChI is InChI=1S/C30H28ClN3O3S/c31-26-14-12-23(13-15-26)22-34(38(36,37)28-9-2-1-3-10-28)27-8-6-7-25(21-27)30(35)33-19-16-24(17-20-33)29-11-4-5-18-32-29/h1-15,18,21,24H,16-17,19-20,22H2. The van der Waals surface area contributed by atoms with Crippen LogP contribution in [0.15, 0.2) is 108 Å². The Morgan fingerprint density at radius 3 is 2.29 bits per heavy atom. The summed E-state index contributed by atoms with van der Waals surface area (Å²) < 4.78 is 28.9. The zero-order valence-electron chi connectivity index (χ0n) is 20.8. The lowest BCUT2D eigenvalue weighted by Gasteiger charge is -2.32. The molecule has 1 fully saturated rings. The number of amides is 1. The van der Waals surface area contributed by atoms with Crippen LogP contribution in [0.2, 0.25) is 5.02 Å². The number of rotatable bonds is 7. The number of carbonyl (C=O) groups excluding carboxylic acids is 1. The van der Waals surface area contributed by atoms with Gasteiger partial charge < -0.3 is 4.90 Å². The minimum atomic E-state index is -3.90. The van der Waals surface area contributed by atoms with Crippen molar-refractivity contribution in [2.24, 2.45) is 0 Å². The second kappa shape index (κ2) is 11.4. The van der Waals surface area contributed by atoms with Gasteiger partial charge in [0.2, 0.25) is 0 Å². The number of nitrogens with zero attached hydrogens (tertiary/aromatic N) is 3. The lowest BCUT2D eigenvalue weighted by atomic mass is 9.92. The van der Waals surface area contributed by atoms with Gasteiger partial charge in [0.05, 0.1) is 17.1 Å². The average molecular weight is 546 g/mol. The van der Waals surface area contributed by atoms with Gasteiger partial charge in [0.15, 0.2) is 0 Å². The van der Waals surface area contributed by atoms with E-state index in [-0.39, 0.29) is 17.3 Å². The largest absolute Gasteiger partial charge is 0.339 e. The molecule has 1 saturated heterocycles. The zero-order valence-corrected chi connectivity index (χ0v) is 22.4. The normalized spacial score (nSPS) is 14.3. The Morgan fingerprint density at radius 2 is 1.61 bits per heavy atom. The van der Waals surface area contributed by atoms with E-state index in [1.165, 1.54) is 4.31 Å². The number of likely N-dealkylation sites (tertiary alicyclic amines) is 1. The molecule has 6 nitrogen and oxygen atoms in total. The predicted octanol–water partition coefficient (Wildman–Crippen LogP) is 6.15. The minimum absolute atomic E-state index is 0.0987. The Morgan fingerprint density at radius 1 is 0.895 bits per heavy atom. The fourth-order valence-corrected chi connectivity index (χ4v) is 6.35. The fraction of sp³-hybridized carbons (Fsp3) is 0.200. The van der Waals surface area contributed by atoms with Gasteiger partial charge in [0.25, 0.3) is 15.9 Å². The first-order valence-corrected chi connectivity index (χ1v) is 14.4. The second-order valence-electron chi connectivity index (χ2n) is 9.32. The molecule has 5 rings (SSSR count). The molecule has 0 N–H and O–H groups in total. The average Bonchev–Trinajstić information content (AvgIpc) is 2.97. The van der Waals surface area contributed by atoms with Crippen LogP contribution in [0.1, 0.15) is 40.4 Å². The lowest BCUT2D eigenvalue weighted by molar-refractivity contribution is 0.0712. The molecular weight excluding hydrogens is 518 g/mol. The molecule has 2 heterocycles. The number of piperidine rings is 1. The molecule has 1 aliphatic rings. The van der Waals surface area contributed by atoms with Crippen molar-refractivity contribution in [3.05, 3.63) is 125 Å². The van der Waals surface area contributed by atoms with Crippen molar-refractivity contribution in [1.29, 1.82) is 0 Å². The van der Waals surface area contributed by atoms with Crippen molar-refractivity contribution in [1.82, 2.24) is 9.88 Å². The van der Waals surface area contributed by atoms with Crippen LogP contribution < -0.4 is 4.31 Å². The summed E-state index contributed by atoms with van der Waals surface area (Å²) in [5, 5.41) is 0.575. The van der Waals surface area contributed by atoms with Gasteiger partial charge in [0.1, 0.15) is 0 Å². The Balaban J connectivity index is 1.40. The van der Waals surface area contributed by atoms with Crippen LogP contribution in [0.3, 0.4) is 0 Å². The van der Waals surface area contributed by atoms with E-state index in [2.05, 4.69) is 4.98 Å². The van der Waals surface area contributed by atoms with Crippen molar-refractivity contribution < 1.29 is 13.2 Å². The molecule has 0 saturated carbocycles. The summed E-state index contributed by atoms with van der Waals surface area (Å²) in [5.74, 6) is 0.229. The molecule has 1 aliphatic heterocycles. The molecule has 0 bridgehead atoms. The van der Waals surface area contributed by atoms with Crippen LogP contribution in [0.25, 0.3) is 0 Å². The van der Waals surface area contributed by atoms with Gasteiger partial charge in [-0.1, -0.05) is 54.1 Å². The van der Waals surface area contributed by atoms with Gasteiger partial charge in [-0.15, -0.1) is 0 Å². The number of pyridine rings is 1. The number of benzene rings is 3. The summed E-state index contributed by atoms with van der Waals surface area (Å²) in [4.78, 5) is 20.0. The number of aromatic nitrogens is 1. The van der Waals surface area contributed by atoms with Crippen LogP contribution in [-0.2, 0) is 16.6 Å². The number of anilines is 1. The van der Waals surface area contributed by atoms with Crippen LogP contribution in [0.5, 0.6) is 0 Å². The Kier molecular flexibility index (Phi) is 7.77. The third kappa shape index (κ3) is 5.74. The first-order chi connectivity index (χ1) is 18.4. The number of sulfonamides is 1. The van der Waals surface area contributed by atoms with Crippen molar-refractivity contribution in [2.45, 2.75) is 30.2 Å². The summed E-state index contributed by atoms with van der Waals surface area (Å²) in [6, 6.07) is 28.2. The van der Waals surface area contributed by atoms with Crippen molar-refractivity contribution >= 4 is 33.2 Å². The smallest absolute Gasteiger partial charge is 0.264 e. The highest BCUT2D eigenvalue weighted by atomic mass is 35.5. The molecule has 4 aromatic rings. The summed E-state index contributed by atoms with van der Waals surface area (Å²) in [6.45, 7) is 1.35. The van der Waals surface area contributed by atoms with Gasteiger partial charge in [-0.3, -0.25) is 14.1 Å². The van der Waals surface area contributed by atoms with E-state index in [9.17, 15) is 13.2 Å². The highest BCUT2D eigenvalue weighted by Gasteiger charge is 2.28. The first-order valence-electron chi connectivity index (χ1n) is 12.5. The molecule has 8 heteroatoms. The maximum absolute atomic E-state index is 13.8. The quantitative estimate of drug-likeness (QED) is 0.279. The molecule has 1 amide bonds. The van der Waals surface area contributed by atoms with E-state index < -0.39 is 10.0 Å². The lowest BCUT2D eigenvalue weighted by Crippen LogP contribution is -2.38. The Labute approximate surface area is 228 Å². The van der Waals surface area contributed by atoms with E-state index in [1.807, 2.05) is 23.1 Å². The van der Waals surface area contributed by atoms with Gasteiger partial charge in [-0.25, -0.2) is 8.42 Å². The number of carbonyl (C=O) groups is 1. The Bertz CT molecular complexity index is 1490. The maximum Gasteiger partial charge on any atom is 0.264 e. The van der Waals surface area contributed by atoms with Crippen molar-refractivity contribution in [2.75, 3.05) is 17.4 Å².